The molecule has 3 aromatic rings. The van der Waals surface area contributed by atoms with E-state index in [0.29, 0.717) is 5.66 Å². The van der Waals surface area contributed by atoms with Crippen LogP contribution >= 0.6 is 7.26 Å². The number of hydrogen-bond donors (Lipinski definition) is 0. The molecule has 0 N–H and O–H groups in total. The van der Waals surface area contributed by atoms with E-state index in [0.717, 1.165) is 0 Å². The van der Waals surface area contributed by atoms with Gasteiger partial charge in [0.1, 0.15) is 23.2 Å². The van der Waals surface area contributed by atoms with E-state index in [1.807, 2.05) is 0 Å². The van der Waals surface area contributed by atoms with E-state index in [4.69, 9.17) is 0 Å². The van der Waals surface area contributed by atoms with E-state index in [-0.39, 0.29) is 0 Å². The quantitative estimate of drug-likeness (QED) is 0.478. The van der Waals surface area contributed by atoms with Crippen molar-refractivity contribution in [3.05, 3.63) is 104 Å². The molecule has 0 radical (unpaired) electrons. The molecule has 3 aromatic carbocycles. The maximum absolute atomic E-state index is 4.13. The molecule has 3 rings (SSSR count). The summed E-state index contributed by atoms with van der Waals surface area (Å²) in [6.45, 7) is 6.43. The molecule has 0 amide bonds. The third-order valence-corrected chi connectivity index (χ3v) is 9.21. The van der Waals surface area contributed by atoms with Crippen LogP contribution in [0.15, 0.2) is 104 Å². The first kappa shape index (κ1) is 15.7. The molecule has 0 heterocycles. The first-order chi connectivity index (χ1) is 11.3. The minimum absolute atomic E-state index is 0.370. The Balaban J connectivity index is 2.38. The van der Waals surface area contributed by atoms with E-state index in [9.17, 15) is 0 Å². The van der Waals surface area contributed by atoms with E-state index >= 15 is 0 Å². The first-order valence-electron chi connectivity index (χ1n) is 7.98. The molecule has 0 saturated heterocycles. The summed E-state index contributed by atoms with van der Waals surface area (Å²) in [5.74, 6) is 0. The Morgan fingerprint density at radius 1 is 0.652 bits per heavy atom. The Kier molecular flexibility index (Phi) is 4.74. The molecule has 0 aromatic heterocycles. The monoisotopic (exact) mass is 317 g/mol. The Morgan fingerprint density at radius 3 is 1.22 bits per heavy atom. The average molecular weight is 317 g/mol. The topological polar surface area (TPSA) is 0 Å². The van der Waals surface area contributed by atoms with Crippen molar-refractivity contribution in [2.45, 2.75) is 12.6 Å². The van der Waals surface area contributed by atoms with Gasteiger partial charge in [0, 0.05) is 0 Å². The van der Waals surface area contributed by atoms with Gasteiger partial charge in [-0.3, -0.25) is 0 Å². The van der Waals surface area contributed by atoms with Crippen molar-refractivity contribution in [3.63, 3.8) is 0 Å². The van der Waals surface area contributed by atoms with Crippen molar-refractivity contribution in [3.8, 4) is 0 Å². The van der Waals surface area contributed by atoms with Crippen LogP contribution in [0.2, 0.25) is 0 Å². The van der Waals surface area contributed by atoms with Crippen LogP contribution in [-0.4, -0.2) is 5.66 Å². The zero-order chi connectivity index (χ0) is 16.1. The predicted octanol–water partition coefficient (Wildman–Crippen LogP) is 4.56. The highest BCUT2D eigenvalue weighted by atomic mass is 31.2. The summed E-state index contributed by atoms with van der Waals surface area (Å²) >= 11 is 0. The predicted molar refractivity (Wildman–Crippen MR) is 105 cm³/mol. The molecule has 0 fully saturated rings. The molecule has 0 saturated carbocycles. The SMILES string of the molecule is C=CC(C)[P+](c1ccccc1)(c1ccccc1)c1ccccc1. The molecule has 1 heteroatoms. The van der Waals surface area contributed by atoms with Gasteiger partial charge in [-0.2, -0.15) is 0 Å². The van der Waals surface area contributed by atoms with Crippen molar-refractivity contribution in [1.82, 2.24) is 0 Å². The summed E-state index contributed by atoms with van der Waals surface area (Å²) < 4.78 is 0. The van der Waals surface area contributed by atoms with Gasteiger partial charge in [0.05, 0.1) is 5.66 Å². The molecule has 0 spiro atoms. The maximum atomic E-state index is 4.13. The van der Waals surface area contributed by atoms with E-state index < -0.39 is 7.26 Å². The average Bonchev–Trinajstić information content (AvgIpc) is 2.65. The second-order valence-electron chi connectivity index (χ2n) is 5.71. The van der Waals surface area contributed by atoms with Gasteiger partial charge in [0.2, 0.25) is 0 Å². The fourth-order valence-electron chi connectivity index (χ4n) is 3.30. The van der Waals surface area contributed by atoms with Crippen molar-refractivity contribution in [2.75, 3.05) is 0 Å². The first-order valence-corrected chi connectivity index (χ1v) is 9.84. The largest absolute Gasteiger partial charge is 0.118 e. The summed E-state index contributed by atoms with van der Waals surface area (Å²) in [4.78, 5) is 0. The lowest BCUT2D eigenvalue weighted by molar-refractivity contribution is 1.23. The zero-order valence-electron chi connectivity index (χ0n) is 13.5. The number of allylic oxidation sites excluding steroid dienone is 1. The second-order valence-corrected chi connectivity index (χ2v) is 9.51. The molecular weight excluding hydrogens is 295 g/mol. The van der Waals surface area contributed by atoms with Gasteiger partial charge >= 0.3 is 0 Å². The van der Waals surface area contributed by atoms with Crippen molar-refractivity contribution in [2.24, 2.45) is 0 Å². The van der Waals surface area contributed by atoms with Gasteiger partial charge in [-0.05, 0) is 43.3 Å². The van der Waals surface area contributed by atoms with Crippen molar-refractivity contribution in [1.29, 1.82) is 0 Å². The molecule has 0 aliphatic carbocycles. The van der Waals surface area contributed by atoms with Crippen LogP contribution in [-0.2, 0) is 0 Å². The lowest BCUT2D eigenvalue weighted by Crippen LogP contribution is -2.36. The summed E-state index contributed by atoms with van der Waals surface area (Å²) in [6, 6.07) is 32.8. The molecule has 23 heavy (non-hydrogen) atoms. The molecule has 0 nitrogen and oxygen atoms in total. The van der Waals surface area contributed by atoms with Gasteiger partial charge in [0.25, 0.3) is 0 Å². The highest BCUT2D eigenvalue weighted by Gasteiger charge is 2.48. The smallest absolute Gasteiger partial charge is 0.0992 e. The highest BCUT2D eigenvalue weighted by Crippen LogP contribution is 2.59. The molecule has 0 aliphatic rings. The maximum Gasteiger partial charge on any atom is 0.118 e. The fourth-order valence-corrected chi connectivity index (χ4v) is 7.85. The number of benzene rings is 3. The van der Waals surface area contributed by atoms with Crippen LogP contribution in [0.25, 0.3) is 0 Å². The summed E-state index contributed by atoms with van der Waals surface area (Å²) in [7, 11) is -1.76. The molecule has 0 bridgehead atoms. The Hall–Kier alpha value is -2.17. The highest BCUT2D eigenvalue weighted by molar-refractivity contribution is 7.96. The van der Waals surface area contributed by atoms with Crippen LogP contribution in [0.5, 0.6) is 0 Å². The Labute approximate surface area is 139 Å². The summed E-state index contributed by atoms with van der Waals surface area (Å²) in [5, 5.41) is 4.22. The van der Waals surface area contributed by atoms with Gasteiger partial charge in [-0.15, -0.1) is 0 Å². The van der Waals surface area contributed by atoms with Crippen LogP contribution in [0, 0.1) is 0 Å². The van der Waals surface area contributed by atoms with Crippen molar-refractivity contribution < 1.29 is 0 Å². The Morgan fingerprint density at radius 2 is 0.957 bits per heavy atom. The van der Waals surface area contributed by atoms with Crippen LogP contribution in [0.3, 0.4) is 0 Å². The minimum atomic E-state index is -1.76. The molecule has 0 aliphatic heterocycles. The lowest BCUT2D eigenvalue weighted by Gasteiger charge is -2.31. The molecular formula is C22H22P+. The van der Waals surface area contributed by atoms with Crippen LogP contribution in [0.4, 0.5) is 0 Å². The van der Waals surface area contributed by atoms with Gasteiger partial charge in [0.15, 0.2) is 0 Å². The number of hydrogen-bond acceptors (Lipinski definition) is 0. The third kappa shape index (κ3) is 2.76. The van der Waals surface area contributed by atoms with E-state index in [1.54, 1.807) is 0 Å². The summed E-state index contributed by atoms with van der Waals surface area (Å²) in [5.41, 5.74) is 0.370. The second kappa shape index (κ2) is 6.94. The van der Waals surface area contributed by atoms with E-state index in [2.05, 4.69) is 111 Å². The van der Waals surface area contributed by atoms with Gasteiger partial charge in [-0.1, -0.05) is 67.3 Å². The minimum Gasteiger partial charge on any atom is -0.0992 e. The third-order valence-electron chi connectivity index (χ3n) is 4.44. The normalized spacial score (nSPS) is 12.6. The molecule has 114 valence electrons. The molecule has 1 unspecified atom stereocenters. The number of rotatable bonds is 5. The lowest BCUT2D eigenvalue weighted by atomic mass is 10.3. The van der Waals surface area contributed by atoms with Gasteiger partial charge in [-0.25, -0.2) is 0 Å². The van der Waals surface area contributed by atoms with Crippen LogP contribution in [0.1, 0.15) is 6.92 Å². The fraction of sp³-hybridized carbons (Fsp3) is 0.0909. The van der Waals surface area contributed by atoms with Gasteiger partial charge < -0.3 is 0 Å². The van der Waals surface area contributed by atoms with Crippen LogP contribution < -0.4 is 15.9 Å². The Bertz CT molecular complexity index is 651. The zero-order valence-corrected chi connectivity index (χ0v) is 14.4. The van der Waals surface area contributed by atoms with Crippen molar-refractivity contribution >= 4 is 23.2 Å². The standard InChI is InChI=1S/C22H22P/c1-3-19(2)23(20-13-7-4-8-14-20,21-15-9-5-10-16-21)22-17-11-6-12-18-22/h3-19H,1H2,2H3/q+1. The summed E-state index contributed by atoms with van der Waals surface area (Å²) in [6.07, 6.45) is 2.11. The molecule has 1 atom stereocenters. The van der Waals surface area contributed by atoms with E-state index in [1.165, 1.54) is 15.9 Å².